The van der Waals surface area contributed by atoms with Crippen LogP contribution in [0.1, 0.15) is 65.7 Å². The molecule has 7 heteroatoms. The zero-order valence-electron chi connectivity index (χ0n) is 26.2. The van der Waals surface area contributed by atoms with Gasteiger partial charge in [0.1, 0.15) is 5.78 Å². The van der Waals surface area contributed by atoms with Crippen LogP contribution in [0.15, 0.2) is 0 Å². The van der Waals surface area contributed by atoms with E-state index in [4.69, 9.17) is 13.3 Å². The molecule has 4 rings (SSSR count). The van der Waals surface area contributed by atoms with Gasteiger partial charge in [-0.25, -0.2) is 0 Å². The van der Waals surface area contributed by atoms with Crippen LogP contribution >= 0.6 is 0 Å². The van der Waals surface area contributed by atoms with E-state index in [1.807, 2.05) is 6.92 Å². The van der Waals surface area contributed by atoms with E-state index in [-0.39, 0.29) is 29.0 Å². The second kappa shape index (κ2) is 9.93. The lowest BCUT2D eigenvalue weighted by atomic mass is 9.44. The minimum Gasteiger partial charge on any atom is -0.415 e. The van der Waals surface area contributed by atoms with E-state index in [1.165, 1.54) is 25.7 Å². The summed E-state index contributed by atoms with van der Waals surface area (Å²) >= 11 is 0. The number of ketones is 1. The summed E-state index contributed by atoms with van der Waals surface area (Å²) in [5, 5.41) is 0. The van der Waals surface area contributed by atoms with Crippen LogP contribution in [0.25, 0.3) is 0 Å². The molecule has 214 valence electrons. The molecule has 10 atom stereocenters. The van der Waals surface area contributed by atoms with E-state index in [9.17, 15) is 4.79 Å². The average Bonchev–Trinajstić information content (AvgIpc) is 2.96. The first-order valence-corrected chi connectivity index (χ1v) is 25.5. The van der Waals surface area contributed by atoms with E-state index >= 15 is 0 Å². The Bertz CT molecular complexity index is 858. The lowest BCUT2D eigenvalue weighted by Gasteiger charge is -2.63. The van der Waals surface area contributed by atoms with E-state index in [0.29, 0.717) is 35.6 Å². The van der Waals surface area contributed by atoms with Crippen LogP contribution < -0.4 is 0 Å². The van der Waals surface area contributed by atoms with Crippen molar-refractivity contribution in [2.24, 2.45) is 40.4 Å². The van der Waals surface area contributed by atoms with Crippen molar-refractivity contribution < 1.29 is 18.1 Å². The van der Waals surface area contributed by atoms with Crippen molar-refractivity contribution in [2.75, 3.05) is 0 Å². The number of Topliss-reactive ketones (excluding diaryl/α,β-unsaturated/α-hetero) is 1. The molecule has 0 aliphatic heterocycles. The van der Waals surface area contributed by atoms with Crippen LogP contribution in [-0.2, 0) is 18.1 Å². The molecular formula is C30H58O4Si3. The van der Waals surface area contributed by atoms with Gasteiger partial charge in [0.05, 0.1) is 12.2 Å². The Morgan fingerprint density at radius 3 is 1.86 bits per heavy atom. The molecule has 0 aromatic heterocycles. The highest BCUT2D eigenvalue weighted by Crippen LogP contribution is 2.68. The Labute approximate surface area is 231 Å². The van der Waals surface area contributed by atoms with Crippen LogP contribution in [0.2, 0.25) is 58.9 Å². The zero-order chi connectivity index (χ0) is 27.8. The van der Waals surface area contributed by atoms with Gasteiger partial charge >= 0.3 is 0 Å². The summed E-state index contributed by atoms with van der Waals surface area (Å²) in [7, 11) is -5.07. The van der Waals surface area contributed by atoms with Gasteiger partial charge in [-0.3, -0.25) is 4.79 Å². The molecule has 0 heterocycles. The number of carbonyl (C=O) groups is 1. The third-order valence-electron chi connectivity index (χ3n) is 10.6. The fourth-order valence-corrected chi connectivity index (χ4v) is 13.3. The second-order valence-electron chi connectivity index (χ2n) is 16.7. The Hall–Kier alpha value is 0.201. The van der Waals surface area contributed by atoms with Crippen LogP contribution in [0, 0.1) is 40.4 Å². The van der Waals surface area contributed by atoms with Gasteiger partial charge in [0, 0.05) is 12.0 Å². The van der Waals surface area contributed by atoms with Crippen LogP contribution in [0.4, 0.5) is 0 Å². The summed E-state index contributed by atoms with van der Waals surface area (Å²) in [5.74, 6) is 3.04. The van der Waals surface area contributed by atoms with Gasteiger partial charge in [-0.05, 0) is 145 Å². The standard InChI is InChI=1S/C30H58O4Si3/c1-20(31)28-26(33-36(7,8)9)19-25-23-14-13-21-17-22(32-35(4,5)6)18-27(34-37(10,11)12)30(21,3)24(23)15-16-29(25,28)2/h21-28H,13-19H2,1-12H3/t21?,22?,23?,24?,25?,26?,27?,28-,29-,30-/m0/s1. The minimum absolute atomic E-state index is 0.0608. The molecule has 0 bridgehead atoms. The molecular weight excluding hydrogens is 509 g/mol. The van der Waals surface area contributed by atoms with Crippen molar-refractivity contribution in [1.82, 2.24) is 0 Å². The lowest BCUT2D eigenvalue weighted by molar-refractivity contribution is -0.174. The van der Waals surface area contributed by atoms with Crippen molar-refractivity contribution in [1.29, 1.82) is 0 Å². The molecule has 0 spiro atoms. The average molecular weight is 567 g/mol. The van der Waals surface area contributed by atoms with E-state index < -0.39 is 25.0 Å². The molecule has 0 aromatic rings. The first-order chi connectivity index (χ1) is 16.7. The topological polar surface area (TPSA) is 44.8 Å². The van der Waals surface area contributed by atoms with Crippen molar-refractivity contribution in [3.05, 3.63) is 0 Å². The van der Waals surface area contributed by atoms with Crippen LogP contribution in [-0.4, -0.2) is 49.0 Å². The highest BCUT2D eigenvalue weighted by atomic mass is 28.4. The molecule has 0 aromatic carbocycles. The SMILES string of the molecule is CC(=O)[C@H]1C(O[Si](C)(C)C)CC2C3CCC4CC(O[Si](C)(C)C)CC(O[Si](C)(C)C)[C@]4(C)C3CC[C@@]21C. The van der Waals surface area contributed by atoms with Crippen molar-refractivity contribution in [3.63, 3.8) is 0 Å². The molecule has 0 radical (unpaired) electrons. The third-order valence-corrected chi connectivity index (χ3v) is 13.7. The number of fused-ring (bicyclic) bond motifs is 5. The van der Waals surface area contributed by atoms with Crippen molar-refractivity contribution >= 4 is 30.7 Å². The molecule has 4 aliphatic rings. The Balaban J connectivity index is 1.66. The predicted octanol–water partition coefficient (Wildman–Crippen LogP) is 8.11. The molecule has 0 saturated heterocycles. The third kappa shape index (κ3) is 5.97. The van der Waals surface area contributed by atoms with Gasteiger partial charge in [0.25, 0.3) is 0 Å². The summed E-state index contributed by atoms with van der Waals surface area (Å²) in [6, 6.07) is 0. The van der Waals surface area contributed by atoms with Gasteiger partial charge in [0.15, 0.2) is 25.0 Å². The zero-order valence-corrected chi connectivity index (χ0v) is 29.2. The van der Waals surface area contributed by atoms with Gasteiger partial charge in [-0.2, -0.15) is 0 Å². The summed E-state index contributed by atoms with van der Waals surface area (Å²) in [6.07, 6.45) is 9.06. The number of rotatable bonds is 7. The van der Waals surface area contributed by atoms with Gasteiger partial charge < -0.3 is 13.3 Å². The van der Waals surface area contributed by atoms with Gasteiger partial charge in [-0.1, -0.05) is 13.8 Å². The fraction of sp³-hybridized carbons (Fsp3) is 0.967. The van der Waals surface area contributed by atoms with Crippen LogP contribution in [0.5, 0.6) is 0 Å². The fourth-order valence-electron chi connectivity index (χ4n) is 9.73. The van der Waals surface area contributed by atoms with Gasteiger partial charge in [-0.15, -0.1) is 0 Å². The summed E-state index contributed by atoms with van der Waals surface area (Å²) in [4.78, 5) is 13.1. The molecule has 0 amide bonds. The second-order valence-corrected chi connectivity index (χ2v) is 30.1. The monoisotopic (exact) mass is 566 g/mol. The summed E-state index contributed by atoms with van der Waals surface area (Å²) in [5.41, 5.74) is 0.279. The number of carbonyl (C=O) groups excluding carboxylic acids is 1. The maximum atomic E-state index is 13.1. The highest BCUT2D eigenvalue weighted by Gasteiger charge is 2.65. The van der Waals surface area contributed by atoms with E-state index in [0.717, 1.165) is 19.3 Å². The van der Waals surface area contributed by atoms with Crippen LogP contribution in [0.3, 0.4) is 0 Å². The van der Waals surface area contributed by atoms with Gasteiger partial charge in [0.2, 0.25) is 0 Å². The Morgan fingerprint density at radius 2 is 1.32 bits per heavy atom. The maximum absolute atomic E-state index is 13.1. The van der Waals surface area contributed by atoms with Crippen molar-refractivity contribution in [2.45, 2.75) is 143 Å². The summed E-state index contributed by atoms with van der Waals surface area (Å²) < 4.78 is 20.7. The molecule has 4 saturated carbocycles. The Morgan fingerprint density at radius 1 is 0.730 bits per heavy atom. The smallest absolute Gasteiger partial charge is 0.184 e. The molecule has 37 heavy (non-hydrogen) atoms. The quantitative estimate of drug-likeness (QED) is 0.292. The van der Waals surface area contributed by atoms with E-state index in [2.05, 4.69) is 72.8 Å². The first kappa shape index (κ1) is 30.2. The minimum atomic E-state index is -1.74. The largest absolute Gasteiger partial charge is 0.415 e. The lowest BCUT2D eigenvalue weighted by Crippen LogP contribution is -2.61. The highest BCUT2D eigenvalue weighted by molar-refractivity contribution is 6.70. The molecule has 4 aliphatic carbocycles. The summed E-state index contributed by atoms with van der Waals surface area (Å²) in [6.45, 7) is 27.8. The number of hydrogen-bond acceptors (Lipinski definition) is 4. The molecule has 4 fully saturated rings. The normalized spacial score (nSPS) is 44.6. The molecule has 0 N–H and O–H groups in total. The van der Waals surface area contributed by atoms with Crippen molar-refractivity contribution in [3.8, 4) is 0 Å². The predicted molar refractivity (Wildman–Crippen MR) is 161 cm³/mol. The Kier molecular flexibility index (Phi) is 8.10. The number of hydrogen-bond donors (Lipinski definition) is 0. The van der Waals surface area contributed by atoms with E-state index in [1.54, 1.807) is 0 Å². The maximum Gasteiger partial charge on any atom is 0.184 e. The molecule has 7 unspecified atom stereocenters. The first-order valence-electron chi connectivity index (χ1n) is 15.3. The molecule has 4 nitrogen and oxygen atoms in total.